The first-order valence-electron chi connectivity index (χ1n) is 28.5. The number of fused-ring (bicyclic) bond motifs is 1. The molecule has 3 heterocycles. The Labute approximate surface area is 507 Å². The van der Waals surface area contributed by atoms with Crippen LogP contribution in [0.3, 0.4) is 0 Å². The number of primary amides is 1. The number of H-pyrrole nitrogens is 1. The molecule has 23 heteroatoms. The maximum Gasteiger partial charge on any atom is 0.336 e. The summed E-state index contributed by atoms with van der Waals surface area (Å²) in [6, 6.07) is 5.35. The second-order valence-corrected chi connectivity index (χ2v) is 20.6. The molecule has 22 nitrogen and oxygen atoms in total. The van der Waals surface area contributed by atoms with E-state index in [1.54, 1.807) is 13.2 Å². The summed E-state index contributed by atoms with van der Waals surface area (Å²) < 4.78 is 10.3. The highest BCUT2D eigenvalue weighted by molar-refractivity contribution is 8.01. The van der Waals surface area contributed by atoms with Crippen molar-refractivity contribution < 1.29 is 62.5 Å². The van der Waals surface area contributed by atoms with E-state index in [1.165, 1.54) is 65.6 Å². The molecule has 1 aromatic carbocycles. The van der Waals surface area contributed by atoms with Crippen LogP contribution in [-0.4, -0.2) is 139 Å². The average molecular weight is 1210 g/mol. The number of terminal acetylenes is 1. The lowest BCUT2D eigenvalue weighted by molar-refractivity contribution is -0.133. The number of carbonyl (C=O) groups is 10. The SMILES string of the molecule is C#C.C=C(C)CC.C=C1/C=C(/OC)C/C=C\C/C(CC(=O)NCCCCCC)=C\C(=O)O1.CCC[C@H](NC(=O)CNC(=O)[C@@H](CCC(N)=O)NC=O)C(=O)N[C@H](C=O)CSC1(C(C)NCC)NCC1=O.CCCc1c[nH]c2ccccc12.O=CO. The number of aryl methyl sites for hydroxylation is 1. The van der Waals surface area contributed by atoms with Crippen LogP contribution in [-0.2, 0) is 63.8 Å². The molecule has 2 aliphatic rings. The van der Waals surface area contributed by atoms with Gasteiger partial charge in [0.2, 0.25) is 35.9 Å². The number of unbranched alkanes of at least 4 members (excludes halogenated alkanes) is 3. The fourth-order valence-corrected chi connectivity index (χ4v) is 9.16. The van der Waals surface area contributed by atoms with Gasteiger partial charge in [0.15, 0.2) is 5.78 Å². The van der Waals surface area contributed by atoms with Gasteiger partial charge in [0, 0.05) is 66.9 Å². The summed E-state index contributed by atoms with van der Waals surface area (Å²) in [5.74, 6) is -2.16. The van der Waals surface area contributed by atoms with Gasteiger partial charge in [0.25, 0.3) is 6.47 Å². The van der Waals surface area contributed by atoms with Gasteiger partial charge in [0.05, 0.1) is 26.2 Å². The molecule has 0 radical (unpaired) electrons. The van der Waals surface area contributed by atoms with Crippen LogP contribution in [0.25, 0.3) is 10.9 Å². The molecule has 1 saturated heterocycles. The summed E-state index contributed by atoms with van der Waals surface area (Å²) in [5, 5.41) is 27.2. The van der Waals surface area contributed by atoms with E-state index in [-0.39, 0.29) is 67.9 Å². The number of hydrogen-bond donors (Lipinski definition) is 10. The highest BCUT2D eigenvalue weighted by Gasteiger charge is 2.50. The van der Waals surface area contributed by atoms with Crippen LogP contribution in [0.2, 0.25) is 0 Å². The van der Waals surface area contributed by atoms with Crippen molar-refractivity contribution in [1.82, 2.24) is 42.2 Å². The molecule has 0 spiro atoms. The van der Waals surface area contributed by atoms with Gasteiger partial charge in [-0.25, -0.2) is 4.79 Å². The Kier molecular flexibility index (Phi) is 45.3. The number of carbonyl (C=O) groups excluding carboxylic acids is 9. The van der Waals surface area contributed by atoms with Crippen molar-refractivity contribution in [2.45, 2.75) is 167 Å². The number of rotatable bonds is 31. The molecule has 2 unspecified atom stereocenters. The molecule has 1 aromatic heterocycles. The van der Waals surface area contributed by atoms with E-state index in [1.807, 2.05) is 39.8 Å². The number of thioether (sulfide) groups is 1. The van der Waals surface area contributed by atoms with Crippen molar-refractivity contribution in [2.24, 2.45) is 5.73 Å². The summed E-state index contributed by atoms with van der Waals surface area (Å²) in [4.78, 5) is 118. The monoisotopic (exact) mass is 1210 g/mol. The number of cyclic esters (lactones) is 1. The Morgan fingerprint density at radius 2 is 1.58 bits per heavy atom. The minimum absolute atomic E-state index is 0.00491. The number of amides is 6. The van der Waals surface area contributed by atoms with Gasteiger partial charge < -0.3 is 62.0 Å². The number of methoxy groups -OCH3 is 1. The third kappa shape index (κ3) is 34.5. The van der Waals surface area contributed by atoms with Gasteiger partial charge in [-0.05, 0) is 76.1 Å². The third-order valence-electron chi connectivity index (χ3n) is 12.5. The van der Waals surface area contributed by atoms with E-state index >= 15 is 0 Å². The largest absolute Gasteiger partial charge is 0.501 e. The maximum absolute atomic E-state index is 12.9. The van der Waals surface area contributed by atoms with Crippen LogP contribution >= 0.6 is 11.8 Å². The normalized spacial score (nSPS) is 17.1. The highest BCUT2D eigenvalue weighted by atomic mass is 32.2. The summed E-state index contributed by atoms with van der Waals surface area (Å²) in [6.07, 6.45) is 27.7. The summed E-state index contributed by atoms with van der Waals surface area (Å²) >= 11 is 1.24. The molecule has 6 amide bonds. The van der Waals surface area contributed by atoms with Crippen molar-refractivity contribution in [3.63, 3.8) is 0 Å². The van der Waals surface area contributed by atoms with E-state index in [2.05, 4.69) is 119 Å². The molecule has 0 aliphatic carbocycles. The van der Waals surface area contributed by atoms with Gasteiger partial charge in [-0.15, -0.1) is 31.2 Å². The number of carboxylic acid groups (broad SMARTS) is 1. The molecule has 5 atom stereocenters. The van der Waals surface area contributed by atoms with Crippen LogP contribution in [0.15, 0.2) is 90.6 Å². The smallest absolute Gasteiger partial charge is 0.336 e. The van der Waals surface area contributed by atoms with Crippen LogP contribution in [0.1, 0.15) is 138 Å². The first-order chi connectivity index (χ1) is 40.7. The number of benzene rings is 1. The predicted molar refractivity (Wildman–Crippen MR) is 335 cm³/mol. The Bertz CT molecular complexity index is 2520. The quantitative estimate of drug-likeness (QED) is 0.0135. The highest BCUT2D eigenvalue weighted by Crippen LogP contribution is 2.33. The minimum Gasteiger partial charge on any atom is -0.501 e. The van der Waals surface area contributed by atoms with Gasteiger partial charge in [0.1, 0.15) is 34.8 Å². The zero-order chi connectivity index (χ0) is 64.6. The topological polar surface area (TPSA) is 335 Å². The molecule has 0 bridgehead atoms. The van der Waals surface area contributed by atoms with Crippen LogP contribution in [0.5, 0.6) is 0 Å². The zero-order valence-electron chi connectivity index (χ0n) is 51.1. The first kappa shape index (κ1) is 79.3. The number of esters is 1. The second-order valence-electron chi connectivity index (χ2n) is 19.3. The molecular formula is C62H95N9O13S. The molecule has 85 heavy (non-hydrogen) atoms. The zero-order valence-corrected chi connectivity index (χ0v) is 51.9. The molecular weight excluding hydrogens is 1110 g/mol. The van der Waals surface area contributed by atoms with Crippen molar-refractivity contribution in [3.8, 4) is 12.8 Å². The van der Waals surface area contributed by atoms with E-state index in [0.717, 1.165) is 19.3 Å². The maximum atomic E-state index is 12.9. The van der Waals surface area contributed by atoms with E-state index < -0.39 is 59.1 Å². The van der Waals surface area contributed by atoms with Gasteiger partial charge in [-0.2, -0.15) is 0 Å². The van der Waals surface area contributed by atoms with Crippen molar-refractivity contribution in [3.05, 3.63) is 96.2 Å². The number of likely N-dealkylation sites (N-methyl/N-ethyl adjacent to an activating group) is 1. The minimum atomic E-state index is -1.05. The number of allylic oxidation sites excluding steroid dienone is 4. The number of para-hydroxylation sites is 1. The first-order valence-corrected chi connectivity index (χ1v) is 29.5. The van der Waals surface area contributed by atoms with E-state index in [9.17, 15) is 43.2 Å². The third-order valence-corrected chi connectivity index (χ3v) is 14.2. The average Bonchev–Trinajstić information content (AvgIpc) is 3.97. The number of nitrogens with one attached hydrogen (secondary N) is 8. The molecule has 11 N–H and O–H groups in total. The lowest BCUT2D eigenvalue weighted by atomic mass is 9.97. The second kappa shape index (κ2) is 48.6. The van der Waals surface area contributed by atoms with Crippen molar-refractivity contribution in [1.29, 1.82) is 0 Å². The van der Waals surface area contributed by atoms with Gasteiger partial charge in [-0.1, -0.05) is 109 Å². The number of nitrogens with two attached hydrogens (primary N) is 1. The molecule has 0 saturated carbocycles. The molecule has 2 aliphatic heterocycles. The summed E-state index contributed by atoms with van der Waals surface area (Å²) in [5.41, 5.74) is 9.72. The lowest BCUT2D eigenvalue weighted by Gasteiger charge is -2.45. The number of hydrogen-bond acceptors (Lipinski definition) is 15. The van der Waals surface area contributed by atoms with E-state index in [0.29, 0.717) is 56.4 Å². The van der Waals surface area contributed by atoms with E-state index in [4.69, 9.17) is 25.1 Å². The fraction of sp³-hybridized carbons (Fsp3) is 0.516. The summed E-state index contributed by atoms with van der Waals surface area (Å²) in [6.45, 7) is 22.3. The number of aromatic amines is 1. The Morgan fingerprint density at radius 1 is 0.906 bits per heavy atom. The lowest BCUT2D eigenvalue weighted by Crippen LogP contribution is -2.72. The number of aldehydes is 1. The number of ether oxygens (including phenoxy) is 2. The molecule has 4 rings (SSSR count). The molecule has 472 valence electrons. The number of aromatic nitrogens is 1. The predicted octanol–water partition coefficient (Wildman–Crippen LogP) is 6.03. The standard InChI is InChI=1S/C23H39N7O7S.C20H29NO4.C11H13N.C5H10.C2H2.CH2O2/c1-4-6-17(30-20(35)10-26-21(36)16(27-13-32)7-8-19(24)34)22(37)29-15(11-31)12-38-23(14(3)25-5-2)18(33)9-28-23;1-4-5-6-9-12-21-19(22)14-17-10-7-8-11-18(24-3)13-16(2)25-20(23)15-17;1-2-5-9-8-12-11-7-4-3-6-10(9)11;1-4-5(2)3;1-2;2-1-3/h11,13-17,25,28H,4-10,12H2,1-3H3,(H2,24,34)(H,26,36)(H,27,32)(H,29,37)(H,30,35);7-8,13,15H,2,4-6,9-12,14H2,1,3H3,(H,21,22);3-4,6-8,12H,2,5H2,1H3;2,4H2,1,3H3;1-2H;1H,(H,2,3)/b;8-7-,17-15+,18-13+;;;;/t14?,15-,16-,17+,23?;;;;;/m1...../s1. The van der Waals surface area contributed by atoms with Crippen LogP contribution in [0.4, 0.5) is 0 Å². The Hall–Kier alpha value is -7.81. The van der Waals surface area contributed by atoms with Gasteiger partial charge in [-0.3, -0.25) is 43.7 Å². The van der Waals surface area contributed by atoms with Gasteiger partial charge >= 0.3 is 5.97 Å². The van der Waals surface area contributed by atoms with Crippen molar-refractivity contribution >= 4 is 83.1 Å². The molecule has 2 aromatic rings. The van der Waals surface area contributed by atoms with Crippen LogP contribution < -0.4 is 43.0 Å². The number of ketones is 1. The van der Waals surface area contributed by atoms with Crippen LogP contribution in [0, 0.1) is 12.8 Å². The molecule has 1 fully saturated rings. The van der Waals surface area contributed by atoms with Crippen molar-refractivity contribution in [2.75, 3.05) is 39.0 Å². The Morgan fingerprint density at radius 3 is 2.13 bits per heavy atom. The fourth-order valence-electron chi connectivity index (χ4n) is 7.82. The Balaban J connectivity index is 0. The number of Topliss-reactive ketones (excluding diaryl/α,β-unsaturated/α-hetero) is 1. The summed E-state index contributed by atoms with van der Waals surface area (Å²) in [7, 11) is 1.56.